The summed E-state index contributed by atoms with van der Waals surface area (Å²) in [5.74, 6) is 0.874. The molecule has 6 nitrogen and oxygen atoms in total. The first-order valence-corrected chi connectivity index (χ1v) is 7.94. The summed E-state index contributed by atoms with van der Waals surface area (Å²) < 4.78 is 29.4. The van der Waals surface area contributed by atoms with Crippen molar-refractivity contribution in [2.45, 2.75) is 13.0 Å². The van der Waals surface area contributed by atoms with Gasteiger partial charge in [-0.05, 0) is 30.3 Å². The summed E-state index contributed by atoms with van der Waals surface area (Å²) in [6.45, 7) is 0.701. The van der Waals surface area contributed by atoms with E-state index < -0.39 is 0 Å². The minimum atomic E-state index is -0.360. The number of carbonyl (C=O) groups excluding carboxylic acids is 1. The van der Waals surface area contributed by atoms with Gasteiger partial charge in [-0.15, -0.1) is 0 Å². The van der Waals surface area contributed by atoms with Crippen molar-refractivity contribution in [3.63, 3.8) is 0 Å². The zero-order valence-electron chi connectivity index (χ0n) is 14.3. The Morgan fingerprint density at radius 2 is 1.88 bits per heavy atom. The number of rotatable bonds is 9. The number of methoxy groups -OCH3 is 1. The Morgan fingerprint density at radius 1 is 1.15 bits per heavy atom. The number of para-hydroxylation sites is 1. The molecule has 0 aliphatic heterocycles. The Kier molecular flexibility index (Phi) is 7.25. The van der Waals surface area contributed by atoms with Crippen LogP contribution in [0.4, 0.5) is 4.39 Å². The molecule has 0 aliphatic rings. The minimum Gasteiger partial charge on any atom is -0.493 e. The molecule has 0 aliphatic carbocycles. The summed E-state index contributed by atoms with van der Waals surface area (Å²) in [6.07, 6.45) is -0.203. The first-order chi connectivity index (χ1) is 12.6. The minimum absolute atomic E-state index is 0.203. The fraction of sp³-hybridized carbons (Fsp3) is 0.263. The van der Waals surface area contributed by atoms with E-state index in [1.54, 1.807) is 24.3 Å². The van der Waals surface area contributed by atoms with Gasteiger partial charge in [-0.1, -0.05) is 12.1 Å². The predicted molar refractivity (Wildman–Crippen MR) is 92.5 cm³/mol. The highest BCUT2D eigenvalue weighted by molar-refractivity contribution is 5.78. The van der Waals surface area contributed by atoms with Gasteiger partial charge >= 0.3 is 0 Å². The molecule has 0 aromatic heterocycles. The third-order valence-corrected chi connectivity index (χ3v) is 3.41. The van der Waals surface area contributed by atoms with Gasteiger partial charge in [-0.3, -0.25) is 4.79 Å². The number of halogens is 1. The summed E-state index contributed by atoms with van der Waals surface area (Å²) in [4.78, 5) is 11.5. The molecule has 1 N–H and O–H groups in total. The highest BCUT2D eigenvalue weighted by atomic mass is 19.1. The molecule has 2 aromatic rings. The molecule has 26 heavy (non-hydrogen) atoms. The van der Waals surface area contributed by atoms with Crippen LogP contribution in [0.3, 0.4) is 0 Å². The predicted octanol–water partition coefficient (Wildman–Crippen LogP) is 2.82. The Bertz CT molecular complexity index is 772. The van der Waals surface area contributed by atoms with E-state index in [1.165, 1.54) is 31.4 Å². The Balaban J connectivity index is 1.94. The maximum absolute atomic E-state index is 12.9. The fourth-order valence-corrected chi connectivity index (χ4v) is 2.19. The van der Waals surface area contributed by atoms with Crippen LogP contribution in [0.25, 0.3) is 0 Å². The van der Waals surface area contributed by atoms with Gasteiger partial charge in [0, 0.05) is 12.1 Å². The van der Waals surface area contributed by atoms with Crippen LogP contribution in [0.2, 0.25) is 0 Å². The average Bonchev–Trinajstić information content (AvgIpc) is 2.65. The van der Waals surface area contributed by atoms with E-state index in [0.717, 1.165) is 5.56 Å². The van der Waals surface area contributed by atoms with Gasteiger partial charge in [0.1, 0.15) is 31.2 Å². The van der Waals surface area contributed by atoms with Crippen molar-refractivity contribution < 1.29 is 23.4 Å². The second-order valence-electron chi connectivity index (χ2n) is 5.21. The van der Waals surface area contributed by atoms with Crippen molar-refractivity contribution in [2.24, 2.45) is 0 Å². The third-order valence-electron chi connectivity index (χ3n) is 3.41. The standard InChI is InChI=1S/C19H19FN2O4/c1-24-17-4-2-3-14(13-22-18(23)9-10-21)19(17)26-12-11-25-16-7-5-15(20)6-8-16/h2-8H,9,11-13H2,1H3,(H,22,23). The van der Waals surface area contributed by atoms with Crippen molar-refractivity contribution in [3.8, 4) is 23.3 Å². The molecule has 0 unspecified atom stereocenters. The van der Waals surface area contributed by atoms with Crippen molar-refractivity contribution in [3.05, 3.63) is 53.8 Å². The zero-order chi connectivity index (χ0) is 18.8. The lowest BCUT2D eigenvalue weighted by Crippen LogP contribution is -2.22. The molecule has 136 valence electrons. The van der Waals surface area contributed by atoms with Crippen molar-refractivity contribution in [1.29, 1.82) is 5.26 Å². The lowest BCUT2D eigenvalue weighted by Gasteiger charge is -2.15. The van der Waals surface area contributed by atoms with Crippen LogP contribution in [0, 0.1) is 17.1 Å². The third kappa shape index (κ3) is 5.67. The SMILES string of the molecule is COc1cccc(CNC(=O)CC#N)c1OCCOc1ccc(F)cc1. The molecule has 2 aromatic carbocycles. The molecule has 2 rings (SSSR count). The Morgan fingerprint density at radius 3 is 2.58 bits per heavy atom. The van der Waals surface area contributed by atoms with Crippen LogP contribution in [0.15, 0.2) is 42.5 Å². The lowest BCUT2D eigenvalue weighted by atomic mass is 10.2. The molecule has 0 radical (unpaired) electrons. The van der Waals surface area contributed by atoms with Crippen LogP contribution >= 0.6 is 0 Å². The van der Waals surface area contributed by atoms with E-state index in [4.69, 9.17) is 19.5 Å². The monoisotopic (exact) mass is 358 g/mol. The number of amides is 1. The smallest absolute Gasteiger partial charge is 0.234 e. The molecular formula is C19H19FN2O4. The molecule has 7 heteroatoms. The summed E-state index contributed by atoms with van der Waals surface area (Å²) in [6, 6.07) is 12.8. The topological polar surface area (TPSA) is 80.6 Å². The van der Waals surface area contributed by atoms with Crippen LogP contribution in [-0.4, -0.2) is 26.2 Å². The fourth-order valence-electron chi connectivity index (χ4n) is 2.19. The van der Waals surface area contributed by atoms with Crippen LogP contribution < -0.4 is 19.5 Å². The van der Waals surface area contributed by atoms with Gasteiger partial charge in [0.25, 0.3) is 0 Å². The number of nitrogens with zero attached hydrogens (tertiary/aromatic N) is 1. The Labute approximate surface area is 151 Å². The summed E-state index contributed by atoms with van der Waals surface area (Å²) in [7, 11) is 1.52. The van der Waals surface area contributed by atoms with E-state index >= 15 is 0 Å². The molecule has 0 heterocycles. The maximum atomic E-state index is 12.9. The number of hydrogen-bond acceptors (Lipinski definition) is 5. The molecule has 0 fully saturated rings. The van der Waals surface area contributed by atoms with Crippen molar-refractivity contribution in [2.75, 3.05) is 20.3 Å². The summed E-state index contributed by atoms with van der Waals surface area (Å²) in [5.41, 5.74) is 0.720. The van der Waals surface area contributed by atoms with E-state index in [0.29, 0.717) is 17.2 Å². The van der Waals surface area contributed by atoms with Gasteiger partial charge < -0.3 is 19.5 Å². The average molecular weight is 358 g/mol. The van der Waals surface area contributed by atoms with Crippen LogP contribution in [0.5, 0.6) is 17.2 Å². The highest BCUT2D eigenvalue weighted by Gasteiger charge is 2.12. The lowest BCUT2D eigenvalue weighted by molar-refractivity contribution is -0.120. The maximum Gasteiger partial charge on any atom is 0.234 e. The quantitative estimate of drug-likeness (QED) is 0.697. The van der Waals surface area contributed by atoms with Gasteiger partial charge in [-0.25, -0.2) is 4.39 Å². The van der Waals surface area contributed by atoms with Crippen molar-refractivity contribution in [1.82, 2.24) is 5.32 Å². The number of nitriles is 1. The highest BCUT2D eigenvalue weighted by Crippen LogP contribution is 2.31. The number of carbonyl (C=O) groups is 1. The molecule has 0 bridgehead atoms. The number of nitrogens with one attached hydrogen (secondary N) is 1. The van der Waals surface area contributed by atoms with E-state index in [9.17, 15) is 9.18 Å². The first-order valence-electron chi connectivity index (χ1n) is 7.94. The molecule has 0 spiro atoms. The van der Waals surface area contributed by atoms with Gasteiger partial charge in [0.15, 0.2) is 11.5 Å². The van der Waals surface area contributed by atoms with E-state index in [1.807, 2.05) is 0 Å². The number of ether oxygens (including phenoxy) is 3. The normalized spacial score (nSPS) is 9.88. The molecule has 0 saturated carbocycles. The van der Waals surface area contributed by atoms with Gasteiger partial charge in [0.05, 0.1) is 13.2 Å². The van der Waals surface area contributed by atoms with E-state index in [-0.39, 0.29) is 37.9 Å². The van der Waals surface area contributed by atoms with E-state index in [2.05, 4.69) is 5.32 Å². The first kappa shape index (κ1) is 19.1. The largest absolute Gasteiger partial charge is 0.493 e. The van der Waals surface area contributed by atoms with Crippen LogP contribution in [-0.2, 0) is 11.3 Å². The van der Waals surface area contributed by atoms with Gasteiger partial charge in [-0.2, -0.15) is 5.26 Å². The second kappa shape index (κ2) is 9.89. The zero-order valence-corrected chi connectivity index (χ0v) is 14.3. The number of benzene rings is 2. The Hall–Kier alpha value is -3.27. The number of hydrogen-bond donors (Lipinski definition) is 1. The molecule has 1 amide bonds. The summed E-state index contributed by atoms with van der Waals surface area (Å²) >= 11 is 0. The summed E-state index contributed by atoms with van der Waals surface area (Å²) in [5, 5.41) is 11.2. The van der Waals surface area contributed by atoms with Crippen LogP contribution in [0.1, 0.15) is 12.0 Å². The van der Waals surface area contributed by atoms with Crippen molar-refractivity contribution >= 4 is 5.91 Å². The second-order valence-corrected chi connectivity index (χ2v) is 5.21. The molecule has 0 saturated heterocycles. The van der Waals surface area contributed by atoms with Gasteiger partial charge in [0.2, 0.25) is 5.91 Å². The molecule has 0 atom stereocenters. The molecular weight excluding hydrogens is 339 g/mol.